The van der Waals surface area contributed by atoms with Crippen molar-refractivity contribution in [3.63, 3.8) is 0 Å². The fraction of sp³-hybridized carbons (Fsp3) is 0.263. The summed E-state index contributed by atoms with van der Waals surface area (Å²) in [5.74, 6) is 0.821. The number of amides is 1. The molecule has 0 N–H and O–H groups in total. The van der Waals surface area contributed by atoms with Gasteiger partial charge in [0.15, 0.2) is 0 Å². The lowest BCUT2D eigenvalue weighted by molar-refractivity contribution is -0.129. The van der Waals surface area contributed by atoms with Crippen LogP contribution in [0.1, 0.15) is 6.92 Å². The summed E-state index contributed by atoms with van der Waals surface area (Å²) >= 11 is 1.67. The van der Waals surface area contributed by atoms with Crippen LogP contribution in [0.3, 0.4) is 0 Å². The Kier molecular flexibility index (Phi) is 4.62. The molecule has 1 aliphatic rings. The van der Waals surface area contributed by atoms with Gasteiger partial charge in [0.2, 0.25) is 11.9 Å². The van der Waals surface area contributed by atoms with E-state index in [4.69, 9.17) is 4.98 Å². The molecule has 3 aromatic heterocycles. The fourth-order valence-corrected chi connectivity index (χ4v) is 3.82. The van der Waals surface area contributed by atoms with Gasteiger partial charge in [0, 0.05) is 67.7 Å². The molecule has 0 saturated carbocycles. The topological polar surface area (TPSA) is 62.2 Å². The molecule has 1 amide bonds. The summed E-state index contributed by atoms with van der Waals surface area (Å²) in [5.41, 5.74) is 2.88. The van der Waals surface area contributed by atoms with Crippen molar-refractivity contribution in [1.82, 2.24) is 19.9 Å². The van der Waals surface area contributed by atoms with Crippen LogP contribution in [0.25, 0.3) is 21.7 Å². The largest absolute Gasteiger partial charge is 0.339 e. The highest BCUT2D eigenvalue weighted by Gasteiger charge is 2.22. The average molecular weight is 365 g/mol. The van der Waals surface area contributed by atoms with E-state index in [1.807, 2.05) is 35.5 Å². The van der Waals surface area contributed by atoms with Gasteiger partial charge >= 0.3 is 0 Å². The van der Waals surface area contributed by atoms with E-state index in [-0.39, 0.29) is 5.91 Å². The van der Waals surface area contributed by atoms with Crippen molar-refractivity contribution >= 4 is 23.2 Å². The van der Waals surface area contributed by atoms with E-state index in [0.717, 1.165) is 34.8 Å². The van der Waals surface area contributed by atoms with Crippen LogP contribution in [-0.4, -0.2) is 51.9 Å². The first-order valence-electron chi connectivity index (χ1n) is 8.54. The zero-order valence-corrected chi connectivity index (χ0v) is 15.3. The zero-order valence-electron chi connectivity index (χ0n) is 14.5. The van der Waals surface area contributed by atoms with E-state index in [1.54, 1.807) is 24.5 Å². The number of thiophene rings is 1. The Labute approximate surface area is 156 Å². The van der Waals surface area contributed by atoms with Crippen LogP contribution in [0, 0.1) is 0 Å². The summed E-state index contributed by atoms with van der Waals surface area (Å²) in [6, 6.07) is 8.04. The minimum atomic E-state index is 0.120. The maximum absolute atomic E-state index is 11.5. The number of rotatable bonds is 3. The van der Waals surface area contributed by atoms with Gasteiger partial charge in [-0.1, -0.05) is 6.07 Å². The third-order valence-corrected chi connectivity index (χ3v) is 5.41. The molecule has 1 aliphatic heterocycles. The lowest BCUT2D eigenvalue weighted by atomic mass is 10.1. The molecule has 0 atom stereocenters. The van der Waals surface area contributed by atoms with Gasteiger partial charge in [0.1, 0.15) is 0 Å². The van der Waals surface area contributed by atoms with E-state index in [2.05, 4.69) is 26.3 Å². The van der Waals surface area contributed by atoms with E-state index in [0.29, 0.717) is 19.0 Å². The molecule has 0 bridgehead atoms. The van der Waals surface area contributed by atoms with Gasteiger partial charge in [0.05, 0.1) is 5.69 Å². The number of carbonyl (C=O) groups is 1. The summed E-state index contributed by atoms with van der Waals surface area (Å²) in [7, 11) is 0. The van der Waals surface area contributed by atoms with Crippen molar-refractivity contribution in [3.05, 3.63) is 48.2 Å². The molecule has 4 heterocycles. The number of pyridine rings is 1. The molecule has 6 nitrogen and oxygen atoms in total. The van der Waals surface area contributed by atoms with Crippen molar-refractivity contribution in [2.45, 2.75) is 6.92 Å². The Hall–Kier alpha value is -2.80. The van der Waals surface area contributed by atoms with Gasteiger partial charge in [-0.05, 0) is 23.6 Å². The SMILES string of the molecule is CC(=O)N1CCN(c2ncc(-c3cccs3)c(-c3cccnc3)n2)CC1. The van der Waals surface area contributed by atoms with Gasteiger partial charge in [-0.25, -0.2) is 9.97 Å². The summed E-state index contributed by atoms with van der Waals surface area (Å²) < 4.78 is 0. The first kappa shape index (κ1) is 16.7. The molecular formula is C19H19N5OS. The highest BCUT2D eigenvalue weighted by atomic mass is 32.1. The maximum Gasteiger partial charge on any atom is 0.226 e. The van der Waals surface area contributed by atoms with Crippen molar-refractivity contribution in [2.75, 3.05) is 31.1 Å². The number of aromatic nitrogens is 3. The molecule has 4 rings (SSSR count). The first-order valence-corrected chi connectivity index (χ1v) is 9.42. The molecule has 132 valence electrons. The van der Waals surface area contributed by atoms with Crippen molar-refractivity contribution in [1.29, 1.82) is 0 Å². The molecule has 7 heteroatoms. The number of carbonyl (C=O) groups excluding carboxylic acids is 1. The second-order valence-electron chi connectivity index (χ2n) is 6.14. The Morgan fingerprint density at radius 3 is 2.62 bits per heavy atom. The second-order valence-corrected chi connectivity index (χ2v) is 7.09. The molecule has 1 fully saturated rings. The van der Waals surface area contributed by atoms with Crippen molar-refractivity contribution in [2.24, 2.45) is 0 Å². The number of hydrogen-bond acceptors (Lipinski definition) is 6. The van der Waals surface area contributed by atoms with Gasteiger partial charge in [-0.15, -0.1) is 11.3 Å². The van der Waals surface area contributed by atoms with Crippen molar-refractivity contribution < 1.29 is 4.79 Å². The molecule has 0 aromatic carbocycles. The highest BCUT2D eigenvalue weighted by molar-refractivity contribution is 7.13. The molecule has 1 saturated heterocycles. The molecule has 0 spiro atoms. The minimum absolute atomic E-state index is 0.120. The van der Waals surface area contributed by atoms with Gasteiger partial charge in [0.25, 0.3) is 0 Å². The van der Waals surface area contributed by atoms with Gasteiger partial charge in [-0.2, -0.15) is 0 Å². The smallest absolute Gasteiger partial charge is 0.226 e. The fourth-order valence-electron chi connectivity index (χ4n) is 3.08. The summed E-state index contributed by atoms with van der Waals surface area (Å²) in [4.78, 5) is 30.4. The molecular weight excluding hydrogens is 346 g/mol. The van der Waals surface area contributed by atoms with Crippen LogP contribution in [0.4, 0.5) is 5.95 Å². The van der Waals surface area contributed by atoms with Crippen LogP contribution in [-0.2, 0) is 4.79 Å². The number of anilines is 1. The molecule has 0 unspecified atom stereocenters. The monoisotopic (exact) mass is 365 g/mol. The van der Waals surface area contributed by atoms with Crippen molar-refractivity contribution in [3.8, 4) is 21.7 Å². The van der Waals surface area contributed by atoms with Crippen LogP contribution in [0.2, 0.25) is 0 Å². The van der Waals surface area contributed by atoms with Gasteiger partial charge < -0.3 is 9.80 Å². The minimum Gasteiger partial charge on any atom is -0.339 e. The highest BCUT2D eigenvalue weighted by Crippen LogP contribution is 2.33. The lowest BCUT2D eigenvalue weighted by Gasteiger charge is -2.34. The Bertz CT molecular complexity index is 890. The van der Waals surface area contributed by atoms with E-state index >= 15 is 0 Å². The molecule has 3 aromatic rings. The predicted octanol–water partition coefficient (Wildman–Crippen LogP) is 2.94. The Balaban J connectivity index is 1.69. The van der Waals surface area contributed by atoms with E-state index in [9.17, 15) is 4.79 Å². The number of nitrogens with zero attached hydrogens (tertiary/aromatic N) is 5. The van der Waals surface area contributed by atoms with Crippen LogP contribution in [0.5, 0.6) is 0 Å². The Morgan fingerprint density at radius 1 is 1.12 bits per heavy atom. The predicted molar refractivity (Wildman–Crippen MR) is 103 cm³/mol. The molecule has 0 radical (unpaired) electrons. The maximum atomic E-state index is 11.5. The third-order valence-electron chi connectivity index (χ3n) is 4.51. The quantitative estimate of drug-likeness (QED) is 0.714. The lowest BCUT2D eigenvalue weighted by Crippen LogP contribution is -2.48. The summed E-state index contributed by atoms with van der Waals surface area (Å²) in [5, 5.41) is 2.05. The third kappa shape index (κ3) is 3.30. The molecule has 0 aliphatic carbocycles. The Morgan fingerprint density at radius 2 is 1.96 bits per heavy atom. The normalized spacial score (nSPS) is 14.5. The average Bonchev–Trinajstić information content (AvgIpc) is 3.23. The summed E-state index contributed by atoms with van der Waals surface area (Å²) in [6.07, 6.45) is 5.49. The first-order chi connectivity index (χ1) is 12.7. The second kappa shape index (κ2) is 7.21. The number of piperazine rings is 1. The van der Waals surface area contributed by atoms with E-state index in [1.165, 1.54) is 0 Å². The summed E-state index contributed by atoms with van der Waals surface area (Å²) in [6.45, 7) is 4.50. The van der Waals surface area contributed by atoms with Crippen LogP contribution < -0.4 is 4.90 Å². The number of hydrogen-bond donors (Lipinski definition) is 0. The molecule has 26 heavy (non-hydrogen) atoms. The van der Waals surface area contributed by atoms with Crippen LogP contribution >= 0.6 is 11.3 Å². The zero-order chi connectivity index (χ0) is 17.9. The van der Waals surface area contributed by atoms with Crippen LogP contribution in [0.15, 0.2) is 48.2 Å². The van der Waals surface area contributed by atoms with Gasteiger partial charge in [-0.3, -0.25) is 9.78 Å². The van der Waals surface area contributed by atoms with E-state index < -0.39 is 0 Å². The standard InChI is InChI=1S/C19H19N5OS/c1-14(25)23-7-9-24(10-8-23)19-21-13-16(17-5-3-11-26-17)18(22-19)15-4-2-6-20-12-15/h2-6,11-13H,7-10H2,1H3.